The third-order valence-corrected chi connectivity index (χ3v) is 3.76. The van der Waals surface area contributed by atoms with Crippen LogP contribution in [0.25, 0.3) is 0 Å². The molecule has 1 aliphatic heterocycles. The first kappa shape index (κ1) is 14.4. The molecule has 0 saturated carbocycles. The Hall–Kier alpha value is -1.00. The Morgan fingerprint density at radius 2 is 1.84 bits per heavy atom. The quantitative estimate of drug-likeness (QED) is 0.882. The summed E-state index contributed by atoms with van der Waals surface area (Å²) in [5.74, 6) is -0.834. The summed E-state index contributed by atoms with van der Waals surface area (Å²) in [4.78, 5) is 2.20. The average molecular weight is 268 g/mol. The second-order valence-electron chi connectivity index (χ2n) is 5.08. The lowest BCUT2D eigenvalue weighted by molar-refractivity contribution is 0.156. The SMILES string of the molecule is CCCC[C@@H](c1c(F)cccc1F)N1CCNCC1. The van der Waals surface area contributed by atoms with Crippen LogP contribution < -0.4 is 5.32 Å². The minimum Gasteiger partial charge on any atom is -0.314 e. The number of hydrogen-bond acceptors (Lipinski definition) is 2. The zero-order valence-electron chi connectivity index (χ0n) is 11.5. The van der Waals surface area contributed by atoms with Crippen LogP contribution in [0, 0.1) is 11.6 Å². The van der Waals surface area contributed by atoms with Gasteiger partial charge in [-0.25, -0.2) is 8.78 Å². The van der Waals surface area contributed by atoms with Gasteiger partial charge in [0.05, 0.1) is 0 Å². The molecular formula is C15H22F2N2. The van der Waals surface area contributed by atoms with Gasteiger partial charge >= 0.3 is 0 Å². The molecule has 1 aliphatic rings. The molecule has 1 aromatic rings. The molecule has 1 aromatic carbocycles. The van der Waals surface area contributed by atoms with Gasteiger partial charge in [-0.05, 0) is 18.6 Å². The highest BCUT2D eigenvalue weighted by atomic mass is 19.1. The molecule has 0 aromatic heterocycles. The summed E-state index contributed by atoms with van der Waals surface area (Å²) in [6.07, 6.45) is 2.84. The number of halogens is 2. The molecule has 1 heterocycles. The predicted octanol–water partition coefficient (Wildman–Crippen LogP) is 3.10. The molecule has 1 fully saturated rings. The molecule has 0 spiro atoms. The second-order valence-corrected chi connectivity index (χ2v) is 5.08. The van der Waals surface area contributed by atoms with Gasteiger partial charge in [-0.2, -0.15) is 0 Å². The Labute approximate surface area is 113 Å². The summed E-state index contributed by atoms with van der Waals surface area (Å²) < 4.78 is 28.0. The zero-order chi connectivity index (χ0) is 13.7. The van der Waals surface area contributed by atoms with E-state index in [2.05, 4.69) is 17.1 Å². The molecular weight excluding hydrogens is 246 g/mol. The number of piperazine rings is 1. The Balaban J connectivity index is 2.25. The van der Waals surface area contributed by atoms with Gasteiger partial charge in [0.2, 0.25) is 0 Å². The third kappa shape index (κ3) is 3.51. The van der Waals surface area contributed by atoms with Gasteiger partial charge in [0.15, 0.2) is 0 Å². The number of nitrogens with zero attached hydrogens (tertiary/aromatic N) is 1. The summed E-state index contributed by atoms with van der Waals surface area (Å²) in [6, 6.07) is 4.02. The molecule has 0 amide bonds. The molecule has 1 atom stereocenters. The van der Waals surface area contributed by atoms with E-state index in [-0.39, 0.29) is 11.6 Å². The van der Waals surface area contributed by atoms with Gasteiger partial charge in [0, 0.05) is 37.8 Å². The molecule has 0 unspecified atom stereocenters. The van der Waals surface area contributed by atoms with Crippen LogP contribution in [-0.4, -0.2) is 31.1 Å². The number of hydrogen-bond donors (Lipinski definition) is 1. The topological polar surface area (TPSA) is 15.3 Å². The van der Waals surface area contributed by atoms with Crippen molar-refractivity contribution in [3.05, 3.63) is 35.4 Å². The van der Waals surface area contributed by atoms with Crippen molar-refractivity contribution in [1.29, 1.82) is 0 Å². The fourth-order valence-electron chi connectivity index (χ4n) is 2.73. The summed E-state index contributed by atoms with van der Waals surface area (Å²) in [5.41, 5.74) is 0.248. The zero-order valence-corrected chi connectivity index (χ0v) is 11.5. The van der Waals surface area contributed by atoms with Crippen LogP contribution in [0.4, 0.5) is 8.78 Å². The highest BCUT2D eigenvalue weighted by Gasteiger charge is 2.26. The monoisotopic (exact) mass is 268 g/mol. The Morgan fingerprint density at radius 3 is 2.42 bits per heavy atom. The fraction of sp³-hybridized carbons (Fsp3) is 0.600. The molecule has 0 bridgehead atoms. The third-order valence-electron chi connectivity index (χ3n) is 3.76. The molecule has 106 valence electrons. The van der Waals surface area contributed by atoms with Gasteiger partial charge in [-0.3, -0.25) is 4.90 Å². The van der Waals surface area contributed by atoms with Crippen LogP contribution in [-0.2, 0) is 0 Å². The van der Waals surface area contributed by atoms with Crippen LogP contribution in [0.1, 0.15) is 37.8 Å². The standard InChI is InChI=1S/C15H22F2N2/c1-2-3-7-14(19-10-8-18-9-11-19)15-12(16)5-4-6-13(15)17/h4-6,14,18H,2-3,7-11H2,1H3/t14-/m0/s1. The van der Waals surface area contributed by atoms with Crippen molar-refractivity contribution in [3.63, 3.8) is 0 Å². The maximum Gasteiger partial charge on any atom is 0.130 e. The maximum atomic E-state index is 14.0. The largest absolute Gasteiger partial charge is 0.314 e. The van der Waals surface area contributed by atoms with Crippen LogP contribution in [0.3, 0.4) is 0 Å². The van der Waals surface area contributed by atoms with Crippen molar-refractivity contribution < 1.29 is 8.78 Å². The lowest BCUT2D eigenvalue weighted by Gasteiger charge is -2.35. The number of rotatable bonds is 5. The van der Waals surface area contributed by atoms with Crippen molar-refractivity contribution in [1.82, 2.24) is 10.2 Å². The van der Waals surface area contributed by atoms with E-state index in [1.807, 2.05) is 0 Å². The first-order valence-corrected chi connectivity index (χ1v) is 7.12. The van der Waals surface area contributed by atoms with Crippen molar-refractivity contribution in [3.8, 4) is 0 Å². The van der Waals surface area contributed by atoms with E-state index < -0.39 is 11.6 Å². The highest BCUT2D eigenvalue weighted by Crippen LogP contribution is 2.30. The summed E-state index contributed by atoms with van der Waals surface area (Å²) in [6.45, 7) is 5.58. The average Bonchev–Trinajstić information content (AvgIpc) is 2.43. The minimum atomic E-state index is -0.417. The van der Waals surface area contributed by atoms with Crippen molar-refractivity contribution in [2.45, 2.75) is 32.2 Å². The minimum absolute atomic E-state index is 0.136. The number of benzene rings is 1. The first-order chi connectivity index (χ1) is 9.24. The maximum absolute atomic E-state index is 14.0. The van der Waals surface area contributed by atoms with E-state index in [0.717, 1.165) is 45.4 Å². The first-order valence-electron chi connectivity index (χ1n) is 7.12. The molecule has 1 N–H and O–H groups in total. The van der Waals surface area contributed by atoms with Gasteiger partial charge in [-0.1, -0.05) is 25.8 Å². The van der Waals surface area contributed by atoms with Crippen LogP contribution in [0.5, 0.6) is 0 Å². The van der Waals surface area contributed by atoms with Crippen LogP contribution >= 0.6 is 0 Å². The number of unbranched alkanes of at least 4 members (excludes halogenated alkanes) is 1. The summed E-state index contributed by atoms with van der Waals surface area (Å²) in [7, 11) is 0. The number of nitrogens with one attached hydrogen (secondary N) is 1. The van der Waals surface area contributed by atoms with Crippen LogP contribution in [0.15, 0.2) is 18.2 Å². The predicted molar refractivity (Wildman–Crippen MR) is 73.1 cm³/mol. The van der Waals surface area contributed by atoms with Crippen molar-refractivity contribution in [2.75, 3.05) is 26.2 Å². The molecule has 2 rings (SSSR count). The molecule has 0 radical (unpaired) electrons. The lowest BCUT2D eigenvalue weighted by Crippen LogP contribution is -2.45. The van der Waals surface area contributed by atoms with Crippen molar-refractivity contribution in [2.24, 2.45) is 0 Å². The lowest BCUT2D eigenvalue weighted by atomic mass is 9.97. The Morgan fingerprint density at radius 1 is 1.21 bits per heavy atom. The summed E-state index contributed by atoms with van der Waals surface area (Å²) >= 11 is 0. The van der Waals surface area contributed by atoms with E-state index in [0.29, 0.717) is 0 Å². The van der Waals surface area contributed by atoms with E-state index in [1.165, 1.54) is 18.2 Å². The molecule has 4 heteroatoms. The van der Waals surface area contributed by atoms with Crippen molar-refractivity contribution >= 4 is 0 Å². The van der Waals surface area contributed by atoms with E-state index in [4.69, 9.17) is 0 Å². The second kappa shape index (κ2) is 6.96. The normalized spacial score (nSPS) is 18.5. The smallest absolute Gasteiger partial charge is 0.130 e. The highest BCUT2D eigenvalue weighted by molar-refractivity contribution is 5.23. The van der Waals surface area contributed by atoms with Crippen LogP contribution in [0.2, 0.25) is 0 Å². The van der Waals surface area contributed by atoms with Gasteiger partial charge in [0.25, 0.3) is 0 Å². The Kier molecular flexibility index (Phi) is 5.28. The van der Waals surface area contributed by atoms with E-state index >= 15 is 0 Å². The van der Waals surface area contributed by atoms with Gasteiger partial charge in [0.1, 0.15) is 11.6 Å². The molecule has 0 aliphatic carbocycles. The molecule has 1 saturated heterocycles. The van der Waals surface area contributed by atoms with Gasteiger partial charge < -0.3 is 5.32 Å². The summed E-state index contributed by atoms with van der Waals surface area (Å²) in [5, 5.41) is 3.28. The Bertz CT molecular complexity index is 383. The fourth-order valence-corrected chi connectivity index (χ4v) is 2.73. The van der Waals surface area contributed by atoms with E-state index in [9.17, 15) is 8.78 Å². The van der Waals surface area contributed by atoms with Gasteiger partial charge in [-0.15, -0.1) is 0 Å². The van der Waals surface area contributed by atoms with E-state index in [1.54, 1.807) is 0 Å². The molecule has 19 heavy (non-hydrogen) atoms. The molecule has 2 nitrogen and oxygen atoms in total.